The van der Waals surface area contributed by atoms with E-state index in [2.05, 4.69) is 36.4 Å². The number of anilines is 2. The number of piperidine rings is 1. The predicted molar refractivity (Wildman–Crippen MR) is 74.3 cm³/mol. The highest BCUT2D eigenvalue weighted by Crippen LogP contribution is 2.29. The lowest BCUT2D eigenvalue weighted by Gasteiger charge is -2.30. The molecule has 0 radical (unpaired) electrons. The molecule has 19 heavy (non-hydrogen) atoms. The zero-order chi connectivity index (χ0) is 13.2. The second-order valence-corrected chi connectivity index (χ2v) is 5.44. The van der Waals surface area contributed by atoms with Crippen molar-refractivity contribution >= 4 is 22.6 Å². The first kappa shape index (κ1) is 12.3. The molecule has 0 aromatic carbocycles. The van der Waals surface area contributed by atoms with E-state index in [1.165, 1.54) is 11.5 Å². The molecule has 3 N–H and O–H groups in total. The molecule has 7 nitrogen and oxygen atoms in total. The first-order chi connectivity index (χ1) is 9.26. The Balaban J connectivity index is 1.74. The van der Waals surface area contributed by atoms with Crippen molar-refractivity contribution in [3.63, 3.8) is 0 Å². The van der Waals surface area contributed by atoms with E-state index in [-0.39, 0.29) is 0 Å². The molecule has 0 bridgehead atoms. The monoisotopic (exact) mass is 279 g/mol. The van der Waals surface area contributed by atoms with Crippen molar-refractivity contribution in [2.45, 2.75) is 32.1 Å². The van der Waals surface area contributed by atoms with Gasteiger partial charge in [0.15, 0.2) is 0 Å². The van der Waals surface area contributed by atoms with Crippen molar-refractivity contribution < 1.29 is 0 Å². The number of nitrogen functional groups attached to an aromatic ring is 1. The molecule has 8 heteroatoms. The molecule has 2 aromatic rings. The minimum Gasteiger partial charge on any atom is -0.367 e. The molecular formula is C11H17N7S. The Labute approximate surface area is 115 Å². The third kappa shape index (κ3) is 2.53. The van der Waals surface area contributed by atoms with Crippen molar-refractivity contribution in [3.8, 4) is 0 Å². The number of rotatable bonds is 3. The number of nitrogens with two attached hydrogens (primary N) is 1. The van der Waals surface area contributed by atoms with Gasteiger partial charge in [0.25, 0.3) is 0 Å². The molecule has 1 aliphatic heterocycles. The van der Waals surface area contributed by atoms with Crippen LogP contribution in [0.25, 0.3) is 0 Å². The van der Waals surface area contributed by atoms with Crippen LogP contribution < -0.4 is 10.6 Å². The molecular weight excluding hydrogens is 262 g/mol. The molecule has 1 saturated heterocycles. The van der Waals surface area contributed by atoms with Crippen molar-refractivity contribution in [1.82, 2.24) is 24.5 Å². The molecule has 1 unspecified atom stereocenters. The minimum atomic E-state index is 0.316. The number of aromatic nitrogens is 5. The molecule has 3 heterocycles. The van der Waals surface area contributed by atoms with E-state index < -0.39 is 0 Å². The quantitative estimate of drug-likeness (QED) is 0.876. The summed E-state index contributed by atoms with van der Waals surface area (Å²) in [5.41, 5.74) is 5.57. The van der Waals surface area contributed by atoms with Gasteiger partial charge < -0.3 is 10.6 Å². The van der Waals surface area contributed by atoms with Crippen LogP contribution >= 0.6 is 11.5 Å². The predicted octanol–water partition coefficient (Wildman–Crippen LogP) is 1.18. The molecule has 0 spiro atoms. The second-order valence-electron chi connectivity index (χ2n) is 4.71. The molecule has 1 aliphatic rings. The third-order valence-corrected chi connectivity index (χ3v) is 4.19. The molecule has 0 aliphatic carbocycles. The number of H-pyrrole nitrogens is 1. The van der Waals surface area contributed by atoms with Crippen LogP contribution in [0, 0.1) is 0 Å². The fourth-order valence-corrected chi connectivity index (χ4v) is 3.15. The van der Waals surface area contributed by atoms with Crippen molar-refractivity contribution in [1.29, 1.82) is 0 Å². The number of nitrogens with one attached hydrogen (secondary N) is 1. The van der Waals surface area contributed by atoms with Gasteiger partial charge in [0, 0.05) is 37.0 Å². The van der Waals surface area contributed by atoms with Crippen LogP contribution in [0.3, 0.4) is 0 Å². The molecule has 3 rings (SSSR count). The molecule has 102 valence electrons. The Kier molecular flexibility index (Phi) is 3.33. The van der Waals surface area contributed by atoms with Gasteiger partial charge in [-0.2, -0.15) is 9.36 Å². The first-order valence-electron chi connectivity index (χ1n) is 6.51. The van der Waals surface area contributed by atoms with E-state index in [0.29, 0.717) is 11.9 Å². The lowest BCUT2D eigenvalue weighted by Crippen LogP contribution is -2.34. The lowest BCUT2D eigenvalue weighted by atomic mass is 9.98. The summed E-state index contributed by atoms with van der Waals surface area (Å²) < 4.78 is 4.34. The highest BCUT2D eigenvalue weighted by atomic mass is 32.1. The molecule has 0 saturated carbocycles. The van der Waals surface area contributed by atoms with Crippen molar-refractivity contribution in [2.24, 2.45) is 0 Å². The summed E-state index contributed by atoms with van der Waals surface area (Å²) in [6.45, 7) is 3.99. The fraction of sp³-hybridized carbons (Fsp3) is 0.636. The normalized spacial score (nSPS) is 19.8. The van der Waals surface area contributed by atoms with Crippen LogP contribution in [0.5, 0.6) is 0 Å². The zero-order valence-electron chi connectivity index (χ0n) is 10.8. The Bertz CT molecular complexity index is 549. The summed E-state index contributed by atoms with van der Waals surface area (Å²) >= 11 is 1.48. The van der Waals surface area contributed by atoms with Gasteiger partial charge in [-0.1, -0.05) is 6.92 Å². The second kappa shape index (κ2) is 5.12. The number of hydrogen-bond donors (Lipinski definition) is 2. The Morgan fingerprint density at radius 1 is 1.47 bits per heavy atom. The average Bonchev–Trinajstić information content (AvgIpc) is 3.07. The zero-order valence-corrected chi connectivity index (χ0v) is 11.7. The highest BCUT2D eigenvalue weighted by Gasteiger charge is 2.25. The largest absolute Gasteiger partial charge is 0.367 e. The molecule has 1 atom stereocenters. The Morgan fingerprint density at radius 2 is 2.37 bits per heavy atom. The summed E-state index contributed by atoms with van der Waals surface area (Å²) in [6, 6.07) is 0. The number of nitrogens with zero attached hydrogens (tertiary/aromatic N) is 5. The van der Waals surface area contributed by atoms with E-state index in [0.717, 1.165) is 49.1 Å². The maximum absolute atomic E-state index is 5.57. The number of aryl methyl sites for hydroxylation is 1. The lowest BCUT2D eigenvalue weighted by molar-refractivity contribution is 0.492. The van der Waals surface area contributed by atoms with Gasteiger partial charge in [-0.25, -0.2) is 4.98 Å². The topological polar surface area (TPSA) is 96.6 Å². The average molecular weight is 279 g/mol. The summed E-state index contributed by atoms with van der Waals surface area (Å²) in [7, 11) is 0. The van der Waals surface area contributed by atoms with Gasteiger partial charge in [0.1, 0.15) is 11.6 Å². The van der Waals surface area contributed by atoms with E-state index in [9.17, 15) is 0 Å². The van der Waals surface area contributed by atoms with Crippen LogP contribution in [0.4, 0.5) is 11.1 Å². The maximum Gasteiger partial charge on any atom is 0.239 e. The maximum atomic E-state index is 5.57. The fourth-order valence-electron chi connectivity index (χ4n) is 2.36. The first-order valence-corrected chi connectivity index (χ1v) is 7.29. The summed E-state index contributed by atoms with van der Waals surface area (Å²) in [6.07, 6.45) is 3.10. The molecule has 0 amide bonds. The number of hydrogen-bond acceptors (Lipinski definition) is 7. The standard InChI is InChI=1S/C11H17N7S/c1-2-8-13-11(19-17-8)18-5-3-4-7(6-18)9-14-10(12)16-15-9/h7H,2-6H2,1H3,(H3,12,14,15,16). The minimum absolute atomic E-state index is 0.316. The van der Waals surface area contributed by atoms with Gasteiger partial charge in [-0.05, 0) is 12.8 Å². The Morgan fingerprint density at radius 3 is 3.05 bits per heavy atom. The van der Waals surface area contributed by atoms with Crippen LogP contribution in [0.1, 0.15) is 37.3 Å². The van der Waals surface area contributed by atoms with Gasteiger partial charge in [-0.15, -0.1) is 5.10 Å². The van der Waals surface area contributed by atoms with Gasteiger partial charge in [0.2, 0.25) is 11.1 Å². The summed E-state index contributed by atoms with van der Waals surface area (Å²) in [5, 5.41) is 7.83. The third-order valence-electron chi connectivity index (χ3n) is 3.37. The van der Waals surface area contributed by atoms with E-state index in [1.54, 1.807) is 0 Å². The van der Waals surface area contributed by atoms with E-state index in [1.807, 2.05) is 0 Å². The van der Waals surface area contributed by atoms with Gasteiger partial charge >= 0.3 is 0 Å². The van der Waals surface area contributed by atoms with Crippen LogP contribution in [0.15, 0.2) is 0 Å². The van der Waals surface area contributed by atoms with E-state index in [4.69, 9.17) is 5.73 Å². The summed E-state index contributed by atoms with van der Waals surface area (Å²) in [4.78, 5) is 11.1. The van der Waals surface area contributed by atoms with Gasteiger partial charge in [-0.3, -0.25) is 5.10 Å². The van der Waals surface area contributed by atoms with Crippen molar-refractivity contribution in [2.75, 3.05) is 23.7 Å². The summed E-state index contributed by atoms with van der Waals surface area (Å²) in [5.74, 6) is 2.46. The Hall–Kier alpha value is -1.70. The van der Waals surface area contributed by atoms with Crippen molar-refractivity contribution in [3.05, 3.63) is 11.6 Å². The highest BCUT2D eigenvalue weighted by molar-refractivity contribution is 7.09. The number of aromatic amines is 1. The van der Waals surface area contributed by atoms with Crippen LogP contribution in [0.2, 0.25) is 0 Å². The van der Waals surface area contributed by atoms with Gasteiger partial charge in [0.05, 0.1) is 0 Å². The molecule has 2 aromatic heterocycles. The van der Waals surface area contributed by atoms with E-state index >= 15 is 0 Å². The smallest absolute Gasteiger partial charge is 0.239 e. The SMILES string of the molecule is CCc1nsc(N2CCCC(c3nc(N)n[nH]3)C2)n1. The van der Waals surface area contributed by atoms with Crippen LogP contribution in [-0.2, 0) is 6.42 Å². The van der Waals surface area contributed by atoms with Crippen LogP contribution in [-0.4, -0.2) is 37.6 Å². The molecule has 1 fully saturated rings.